The second kappa shape index (κ2) is 25.9. The Morgan fingerprint density at radius 1 is 0.381 bits per heavy atom. The van der Waals surface area contributed by atoms with Crippen LogP contribution in [0.25, 0.3) is 0 Å². The van der Waals surface area contributed by atoms with Crippen molar-refractivity contribution in [1.29, 1.82) is 0 Å². The summed E-state index contributed by atoms with van der Waals surface area (Å²) in [5, 5.41) is 0. The number of hydrogen-bond donors (Lipinski definition) is 0. The minimum absolute atomic E-state index is 0.170. The molecule has 0 radical (unpaired) electrons. The van der Waals surface area contributed by atoms with Crippen molar-refractivity contribution in [2.75, 3.05) is 0 Å². The zero-order valence-electron chi connectivity index (χ0n) is 30.2. The topological polar surface area (TPSA) is 9.23 Å². The van der Waals surface area contributed by atoms with Gasteiger partial charge in [0.05, 0.1) is 0 Å². The third-order valence-corrected chi connectivity index (χ3v) is 14.4. The van der Waals surface area contributed by atoms with E-state index in [1.807, 2.05) is 0 Å². The van der Waals surface area contributed by atoms with Crippen LogP contribution in [0.4, 0.5) is 0 Å². The molecule has 0 aromatic rings. The van der Waals surface area contributed by atoms with Gasteiger partial charge in [-0.15, -0.1) is 0 Å². The molecule has 0 bridgehead atoms. The Morgan fingerprint density at radius 3 is 1.12 bits per heavy atom. The molecule has 1 nitrogen and oxygen atoms in total. The Hall–Kier alpha value is 0.750. The molecule has 0 unspecified atom stereocenters. The van der Waals surface area contributed by atoms with Crippen LogP contribution in [-0.2, 0) is 3.10 Å². The number of unbranched alkanes of at least 4 members (excludes halogenated alkanes) is 18. The van der Waals surface area contributed by atoms with Crippen molar-refractivity contribution in [2.45, 2.75) is 244 Å². The SMILES string of the molecule is CCCCCCCCC1(CCCCCCCC)O[Te]CC(CCCC)(CCCC)C1(CCCCCC)CCCCCC. The van der Waals surface area contributed by atoms with Gasteiger partial charge in [0.1, 0.15) is 0 Å². The van der Waals surface area contributed by atoms with E-state index in [-0.39, 0.29) is 26.9 Å². The molecule has 1 rings (SSSR count). The second-order valence-electron chi connectivity index (χ2n) is 14.6. The zero-order chi connectivity index (χ0) is 30.8. The van der Waals surface area contributed by atoms with Crippen LogP contribution in [0.5, 0.6) is 0 Å². The number of rotatable bonds is 30. The summed E-state index contributed by atoms with van der Waals surface area (Å²) in [6.07, 6.45) is 42.5. The molecule has 1 heterocycles. The van der Waals surface area contributed by atoms with E-state index in [2.05, 4.69) is 41.5 Å². The third kappa shape index (κ3) is 13.6. The molecule has 0 amide bonds. The van der Waals surface area contributed by atoms with Crippen LogP contribution in [0.15, 0.2) is 0 Å². The fraction of sp³-hybridized carbons (Fsp3) is 1.00. The predicted octanol–water partition coefficient (Wildman–Crippen LogP) is 14.6. The molecule has 0 atom stereocenters. The van der Waals surface area contributed by atoms with Gasteiger partial charge in [-0.1, -0.05) is 0 Å². The molecule has 0 N–H and O–H groups in total. The molecule has 0 aromatic heterocycles. The fourth-order valence-electron chi connectivity index (χ4n) is 8.62. The van der Waals surface area contributed by atoms with Crippen molar-refractivity contribution in [2.24, 2.45) is 10.8 Å². The molecule has 1 saturated heterocycles. The predicted molar refractivity (Wildman–Crippen MR) is 192 cm³/mol. The summed E-state index contributed by atoms with van der Waals surface area (Å²) in [4.78, 5) is 0. The normalized spacial score (nSPS) is 17.6. The van der Waals surface area contributed by atoms with Crippen LogP contribution >= 0.6 is 0 Å². The summed E-state index contributed by atoms with van der Waals surface area (Å²) in [7, 11) is 0. The van der Waals surface area contributed by atoms with Crippen molar-refractivity contribution < 1.29 is 3.10 Å². The third-order valence-electron chi connectivity index (χ3n) is 11.2. The van der Waals surface area contributed by atoms with Crippen molar-refractivity contribution in [1.82, 2.24) is 0 Å². The number of hydrogen-bond acceptors (Lipinski definition) is 1. The molecule has 1 aliphatic rings. The molecule has 1 aliphatic heterocycles. The van der Waals surface area contributed by atoms with Crippen LogP contribution in [0.1, 0.15) is 234 Å². The van der Waals surface area contributed by atoms with E-state index in [1.165, 1.54) is 197 Å². The fourth-order valence-corrected chi connectivity index (χ4v) is 12.6. The van der Waals surface area contributed by atoms with Crippen molar-refractivity contribution in [3.63, 3.8) is 0 Å². The molecule has 2 heteroatoms. The van der Waals surface area contributed by atoms with Gasteiger partial charge in [0, 0.05) is 0 Å². The van der Waals surface area contributed by atoms with Crippen LogP contribution in [0, 0.1) is 10.8 Å². The van der Waals surface area contributed by atoms with E-state index in [0.29, 0.717) is 10.8 Å². The average Bonchev–Trinajstić information content (AvgIpc) is 3.00. The van der Waals surface area contributed by atoms with Gasteiger partial charge in [-0.2, -0.15) is 0 Å². The van der Waals surface area contributed by atoms with Gasteiger partial charge in [0.15, 0.2) is 0 Å². The molecule has 0 saturated carbocycles. The minimum atomic E-state index is -0.388. The van der Waals surface area contributed by atoms with Gasteiger partial charge in [-0.25, -0.2) is 0 Å². The van der Waals surface area contributed by atoms with E-state index < -0.39 is 0 Å². The van der Waals surface area contributed by atoms with Crippen molar-refractivity contribution in [3.8, 4) is 0 Å². The molecule has 252 valence electrons. The van der Waals surface area contributed by atoms with Crippen LogP contribution in [0.3, 0.4) is 0 Å². The van der Waals surface area contributed by atoms with Crippen LogP contribution in [0.2, 0.25) is 4.47 Å². The van der Waals surface area contributed by atoms with Crippen molar-refractivity contribution >= 4 is 21.3 Å². The molecule has 0 aliphatic carbocycles. The molecule has 42 heavy (non-hydrogen) atoms. The first kappa shape index (κ1) is 40.8. The van der Waals surface area contributed by atoms with Gasteiger partial charge in [-0.3, -0.25) is 0 Å². The monoisotopic (exact) mass is 707 g/mol. The van der Waals surface area contributed by atoms with E-state index in [0.717, 1.165) is 0 Å². The summed E-state index contributed by atoms with van der Waals surface area (Å²) in [5.41, 5.74) is 1.12. The van der Waals surface area contributed by atoms with E-state index in [4.69, 9.17) is 3.10 Å². The van der Waals surface area contributed by atoms with E-state index in [9.17, 15) is 0 Å². The van der Waals surface area contributed by atoms with Crippen LogP contribution in [-0.4, -0.2) is 26.9 Å². The van der Waals surface area contributed by atoms with Gasteiger partial charge >= 0.3 is 280 Å². The second-order valence-corrected chi connectivity index (χ2v) is 16.5. The molecular weight excluding hydrogens is 624 g/mol. The molecule has 1 fully saturated rings. The van der Waals surface area contributed by atoms with Gasteiger partial charge in [0.25, 0.3) is 0 Å². The Morgan fingerprint density at radius 2 is 0.714 bits per heavy atom. The first-order valence-electron chi connectivity index (χ1n) is 19.9. The Balaban J connectivity index is 3.55. The summed E-state index contributed by atoms with van der Waals surface area (Å²) in [6.45, 7) is 14.4. The molecular formula is C40H80OTe. The first-order valence-corrected chi connectivity index (χ1v) is 22.5. The van der Waals surface area contributed by atoms with Crippen molar-refractivity contribution in [3.05, 3.63) is 0 Å². The molecule has 0 spiro atoms. The van der Waals surface area contributed by atoms with Crippen LogP contribution < -0.4 is 0 Å². The first-order chi connectivity index (χ1) is 20.6. The maximum absolute atomic E-state index is 7.60. The summed E-state index contributed by atoms with van der Waals surface area (Å²) in [5.74, 6) is 0. The van der Waals surface area contributed by atoms with Gasteiger partial charge in [0.2, 0.25) is 0 Å². The standard InChI is InChI=1S/C40H80OTe/c1-7-13-19-23-25-29-35-40(36-30-26-24-20-14-8-2)39(33-27-21-15-9-3,34-28-22-16-10-4)38(31-17-11-5,32-18-12-6)37-42-41-40/h7-37H2,1-6H3. The quantitative estimate of drug-likeness (QED) is 0.0534. The Bertz CT molecular complexity index is 550. The van der Waals surface area contributed by atoms with Gasteiger partial charge < -0.3 is 0 Å². The van der Waals surface area contributed by atoms with E-state index in [1.54, 1.807) is 0 Å². The zero-order valence-corrected chi connectivity index (χ0v) is 32.6. The maximum atomic E-state index is 7.60. The Kier molecular flexibility index (Phi) is 25.1. The van der Waals surface area contributed by atoms with E-state index >= 15 is 0 Å². The summed E-state index contributed by atoms with van der Waals surface area (Å²) >= 11 is -0.388. The Labute approximate surface area is 278 Å². The summed E-state index contributed by atoms with van der Waals surface area (Å²) < 4.78 is 9.06. The molecule has 0 aromatic carbocycles. The average molecular weight is 705 g/mol. The van der Waals surface area contributed by atoms with Gasteiger partial charge in [-0.05, 0) is 0 Å². The summed E-state index contributed by atoms with van der Waals surface area (Å²) in [6, 6.07) is 0.